The molecule has 17 heavy (non-hydrogen) atoms. The van der Waals surface area contributed by atoms with Crippen molar-refractivity contribution in [3.8, 4) is 5.75 Å². The average molecular weight is 243 g/mol. The Morgan fingerprint density at radius 1 is 1.24 bits per heavy atom. The second kappa shape index (κ2) is 3.80. The molecule has 1 heterocycles. The highest BCUT2D eigenvalue weighted by molar-refractivity contribution is 6.05. The molecule has 0 aromatic heterocycles. The van der Waals surface area contributed by atoms with E-state index in [1.807, 2.05) is 0 Å². The number of rotatable bonds is 2. The average Bonchev–Trinajstić information content (AvgIpc) is 2.18. The van der Waals surface area contributed by atoms with Gasteiger partial charge in [0.15, 0.2) is 0 Å². The van der Waals surface area contributed by atoms with E-state index in [4.69, 9.17) is 0 Å². The van der Waals surface area contributed by atoms with Crippen LogP contribution in [0.15, 0.2) is 36.5 Å². The van der Waals surface area contributed by atoms with Crippen molar-refractivity contribution >= 4 is 11.6 Å². The van der Waals surface area contributed by atoms with Gasteiger partial charge >= 0.3 is 6.36 Å². The Bertz CT molecular complexity index is 451. The molecule has 0 radical (unpaired) electrons. The molecule has 1 saturated heterocycles. The number of β-lactam (4-membered cyclic amide) rings is 1. The van der Waals surface area contributed by atoms with E-state index in [1.165, 1.54) is 17.0 Å². The lowest BCUT2D eigenvalue weighted by Crippen LogP contribution is -2.40. The van der Waals surface area contributed by atoms with Crippen LogP contribution in [-0.2, 0) is 4.79 Å². The molecule has 3 nitrogen and oxygen atoms in total. The molecule has 0 spiro atoms. The maximum Gasteiger partial charge on any atom is 0.573 e. The van der Waals surface area contributed by atoms with Crippen LogP contribution in [0.3, 0.4) is 0 Å². The number of halogens is 3. The molecule has 1 amide bonds. The number of hydrogen-bond donors (Lipinski definition) is 0. The molecule has 1 fully saturated rings. The monoisotopic (exact) mass is 243 g/mol. The van der Waals surface area contributed by atoms with Crippen molar-refractivity contribution in [2.75, 3.05) is 4.90 Å². The standard InChI is InChI=1S/C11H8F3NO2/c1-7-6-10(16)15(7)8-2-4-9(5-3-8)17-11(12,13)14/h2-5H,1,6H2. The lowest BCUT2D eigenvalue weighted by molar-refractivity contribution is -0.274. The molecule has 2 rings (SSSR count). The highest BCUT2D eigenvalue weighted by Gasteiger charge is 2.32. The molecule has 1 aromatic rings. The topological polar surface area (TPSA) is 29.5 Å². The van der Waals surface area contributed by atoms with Crippen LogP contribution in [0.25, 0.3) is 0 Å². The van der Waals surface area contributed by atoms with Gasteiger partial charge in [-0.05, 0) is 24.3 Å². The van der Waals surface area contributed by atoms with Gasteiger partial charge < -0.3 is 4.74 Å². The number of hydrogen-bond acceptors (Lipinski definition) is 2. The number of alkyl halides is 3. The normalized spacial score (nSPS) is 15.8. The van der Waals surface area contributed by atoms with Crippen molar-refractivity contribution in [3.63, 3.8) is 0 Å². The molecule has 1 aromatic carbocycles. The fourth-order valence-corrected chi connectivity index (χ4v) is 1.54. The highest BCUT2D eigenvalue weighted by atomic mass is 19.4. The van der Waals surface area contributed by atoms with Crippen LogP contribution >= 0.6 is 0 Å². The van der Waals surface area contributed by atoms with E-state index >= 15 is 0 Å². The molecule has 6 heteroatoms. The molecule has 0 aliphatic carbocycles. The molecule has 0 N–H and O–H groups in total. The van der Waals surface area contributed by atoms with E-state index in [9.17, 15) is 18.0 Å². The minimum absolute atomic E-state index is 0.125. The van der Waals surface area contributed by atoms with E-state index in [2.05, 4.69) is 11.3 Å². The third kappa shape index (κ3) is 2.41. The van der Waals surface area contributed by atoms with Gasteiger partial charge in [0.2, 0.25) is 5.91 Å². The Labute approximate surface area is 95.1 Å². The molecule has 1 aliphatic heterocycles. The molecule has 0 unspecified atom stereocenters. The van der Waals surface area contributed by atoms with Crippen LogP contribution in [0.4, 0.5) is 18.9 Å². The SMILES string of the molecule is C=C1CC(=O)N1c1ccc(OC(F)(F)F)cc1. The summed E-state index contributed by atoms with van der Waals surface area (Å²) >= 11 is 0. The van der Waals surface area contributed by atoms with Gasteiger partial charge in [-0.15, -0.1) is 13.2 Å². The van der Waals surface area contributed by atoms with Gasteiger partial charge in [0.1, 0.15) is 5.75 Å². The maximum atomic E-state index is 11.9. The molecule has 1 aliphatic rings. The van der Waals surface area contributed by atoms with Crippen molar-refractivity contribution in [2.24, 2.45) is 0 Å². The van der Waals surface area contributed by atoms with Gasteiger partial charge in [-0.25, -0.2) is 0 Å². The maximum absolute atomic E-state index is 11.9. The van der Waals surface area contributed by atoms with E-state index in [1.54, 1.807) is 0 Å². The van der Waals surface area contributed by atoms with Crippen LogP contribution in [0, 0.1) is 0 Å². The number of carbonyl (C=O) groups is 1. The molecule has 0 bridgehead atoms. The Balaban J connectivity index is 2.13. The van der Waals surface area contributed by atoms with E-state index < -0.39 is 6.36 Å². The number of ether oxygens (including phenoxy) is 1. The molecule has 0 atom stereocenters. The van der Waals surface area contributed by atoms with Gasteiger partial charge in [0.05, 0.1) is 6.42 Å². The first kappa shape index (κ1) is 11.5. The predicted molar refractivity (Wildman–Crippen MR) is 54.4 cm³/mol. The van der Waals surface area contributed by atoms with E-state index in [0.717, 1.165) is 12.1 Å². The van der Waals surface area contributed by atoms with Gasteiger partial charge in [-0.2, -0.15) is 0 Å². The first-order chi connectivity index (χ1) is 7.87. The van der Waals surface area contributed by atoms with Gasteiger partial charge in [-0.1, -0.05) is 6.58 Å². The summed E-state index contributed by atoms with van der Waals surface area (Å²) in [5, 5.41) is 0. The fraction of sp³-hybridized carbons (Fsp3) is 0.182. The molecular formula is C11H8F3NO2. The molecular weight excluding hydrogens is 235 g/mol. The largest absolute Gasteiger partial charge is 0.573 e. The highest BCUT2D eigenvalue weighted by Crippen LogP contribution is 2.31. The zero-order valence-corrected chi connectivity index (χ0v) is 8.62. The second-order valence-corrected chi connectivity index (χ2v) is 3.51. The lowest BCUT2D eigenvalue weighted by Gasteiger charge is -2.33. The summed E-state index contributed by atoms with van der Waals surface area (Å²) in [5.41, 5.74) is 1.11. The van der Waals surface area contributed by atoms with Crippen LogP contribution in [0.5, 0.6) is 5.75 Å². The van der Waals surface area contributed by atoms with Crippen LogP contribution in [-0.4, -0.2) is 12.3 Å². The van der Waals surface area contributed by atoms with Crippen molar-refractivity contribution < 1.29 is 22.7 Å². The summed E-state index contributed by atoms with van der Waals surface area (Å²) in [6, 6.07) is 5.07. The summed E-state index contributed by atoms with van der Waals surface area (Å²) in [5.74, 6) is -0.445. The Kier molecular flexibility index (Phi) is 2.57. The van der Waals surface area contributed by atoms with Gasteiger partial charge in [0, 0.05) is 11.4 Å². The predicted octanol–water partition coefficient (Wildman–Crippen LogP) is 2.84. The lowest BCUT2D eigenvalue weighted by atomic mass is 10.1. The number of benzene rings is 1. The quantitative estimate of drug-likeness (QED) is 0.747. The zero-order valence-electron chi connectivity index (χ0n) is 8.62. The minimum Gasteiger partial charge on any atom is -0.406 e. The van der Waals surface area contributed by atoms with Crippen molar-refractivity contribution in [1.82, 2.24) is 0 Å². The summed E-state index contributed by atoms with van der Waals surface area (Å²) in [6.07, 6.45) is -4.43. The van der Waals surface area contributed by atoms with E-state index in [0.29, 0.717) is 11.4 Å². The van der Waals surface area contributed by atoms with Gasteiger partial charge in [0.25, 0.3) is 0 Å². The fourth-order valence-electron chi connectivity index (χ4n) is 1.54. The third-order valence-corrected chi connectivity index (χ3v) is 2.25. The Morgan fingerprint density at radius 2 is 1.82 bits per heavy atom. The van der Waals surface area contributed by atoms with Crippen molar-refractivity contribution in [3.05, 3.63) is 36.5 Å². The Hall–Kier alpha value is -1.98. The smallest absolute Gasteiger partial charge is 0.406 e. The number of nitrogens with zero attached hydrogens (tertiary/aromatic N) is 1. The van der Waals surface area contributed by atoms with Crippen molar-refractivity contribution in [1.29, 1.82) is 0 Å². The minimum atomic E-state index is -4.71. The summed E-state index contributed by atoms with van der Waals surface area (Å²) < 4.78 is 39.4. The summed E-state index contributed by atoms with van der Waals surface area (Å²) in [6.45, 7) is 3.64. The first-order valence-corrected chi connectivity index (χ1v) is 4.73. The summed E-state index contributed by atoms with van der Waals surface area (Å²) in [4.78, 5) is 12.6. The first-order valence-electron chi connectivity index (χ1n) is 4.73. The van der Waals surface area contributed by atoms with Crippen LogP contribution in [0.1, 0.15) is 6.42 Å². The van der Waals surface area contributed by atoms with E-state index in [-0.39, 0.29) is 18.1 Å². The third-order valence-electron chi connectivity index (χ3n) is 2.25. The van der Waals surface area contributed by atoms with Gasteiger partial charge in [-0.3, -0.25) is 9.69 Å². The zero-order chi connectivity index (χ0) is 12.6. The molecule has 90 valence electrons. The Morgan fingerprint density at radius 3 is 2.24 bits per heavy atom. The summed E-state index contributed by atoms with van der Waals surface area (Å²) in [7, 11) is 0. The number of carbonyl (C=O) groups excluding carboxylic acids is 1. The second-order valence-electron chi connectivity index (χ2n) is 3.51. The van der Waals surface area contributed by atoms with Crippen molar-refractivity contribution in [2.45, 2.75) is 12.8 Å². The van der Waals surface area contributed by atoms with Crippen LogP contribution < -0.4 is 9.64 Å². The molecule has 0 saturated carbocycles. The number of anilines is 1. The number of amides is 1. The van der Waals surface area contributed by atoms with Crippen LogP contribution in [0.2, 0.25) is 0 Å².